The van der Waals surface area contributed by atoms with Crippen LogP contribution >= 0.6 is 0 Å². The summed E-state index contributed by atoms with van der Waals surface area (Å²) in [6.07, 6.45) is 5.28. The molecule has 18 heavy (non-hydrogen) atoms. The summed E-state index contributed by atoms with van der Waals surface area (Å²) in [5, 5.41) is 0. The molecule has 1 nitrogen and oxygen atoms in total. The Hall–Kier alpha value is -1.11. The lowest BCUT2D eigenvalue weighted by Crippen LogP contribution is -1.97. The zero-order valence-corrected chi connectivity index (χ0v) is 13.3. The molecule has 0 atom stereocenters. The summed E-state index contributed by atoms with van der Waals surface area (Å²) in [5.74, 6) is 0.0838. The van der Waals surface area contributed by atoms with Crippen molar-refractivity contribution in [3.63, 3.8) is 0 Å². The molecule has 0 rings (SSSR count). The lowest BCUT2D eigenvalue weighted by atomic mass is 10.0. The Morgan fingerprint density at radius 3 is 1.44 bits per heavy atom. The summed E-state index contributed by atoms with van der Waals surface area (Å²) in [7, 11) is 0. The van der Waals surface area contributed by atoms with Gasteiger partial charge in [-0.15, -0.1) is 0 Å². The molecule has 0 bridgehead atoms. The number of hydrogen-bond acceptors (Lipinski definition) is 1. The highest BCUT2D eigenvalue weighted by molar-refractivity contribution is 5.97. The molecule has 0 heterocycles. The summed E-state index contributed by atoms with van der Waals surface area (Å²) >= 11 is 0. The minimum absolute atomic E-state index is 0. The molecule has 0 spiro atoms. The van der Waals surface area contributed by atoms with Crippen molar-refractivity contribution in [1.29, 1.82) is 0 Å². The molecule has 0 aliphatic rings. The zero-order chi connectivity index (χ0) is 14.9. The zero-order valence-electron chi connectivity index (χ0n) is 13.3. The molecule has 0 aromatic rings. The van der Waals surface area contributed by atoms with Crippen molar-refractivity contribution in [2.45, 2.75) is 69.7 Å². The van der Waals surface area contributed by atoms with Crippen molar-refractivity contribution >= 4 is 5.78 Å². The molecule has 0 aromatic carbocycles. The van der Waals surface area contributed by atoms with Crippen LogP contribution in [0.2, 0.25) is 0 Å². The van der Waals surface area contributed by atoms with Crippen molar-refractivity contribution in [1.82, 2.24) is 0 Å². The normalized spacial score (nSPS) is 8.94. The summed E-state index contributed by atoms with van der Waals surface area (Å²) < 4.78 is 0. The van der Waals surface area contributed by atoms with E-state index in [0.29, 0.717) is 0 Å². The molecule has 0 N–H and O–H groups in total. The number of ketones is 1. The van der Waals surface area contributed by atoms with Crippen LogP contribution in [0.5, 0.6) is 0 Å². The Kier molecular flexibility index (Phi) is 49.8. The molecule has 0 aromatic heterocycles. The number of Topliss-reactive ketones (excluding diaryl/α,β-unsaturated/α-hetero) is 1. The summed E-state index contributed by atoms with van der Waals surface area (Å²) in [4.78, 5) is 11.0. The predicted molar refractivity (Wildman–Crippen MR) is 89.2 cm³/mol. The average Bonchev–Trinajstić information content (AvgIpc) is 2.41. The van der Waals surface area contributed by atoms with Gasteiger partial charge in [-0.05, 0) is 26.3 Å². The number of allylic oxidation sites excluding steroid dienone is 5. The third kappa shape index (κ3) is 20.3. The van der Waals surface area contributed by atoms with Crippen LogP contribution < -0.4 is 0 Å². The minimum atomic E-state index is 0. The van der Waals surface area contributed by atoms with Gasteiger partial charge in [0.05, 0.1) is 0 Å². The maximum Gasteiger partial charge on any atom is 0.160 e. The molecule has 0 unspecified atom stereocenters. The second kappa shape index (κ2) is 29.7. The van der Waals surface area contributed by atoms with E-state index < -0.39 is 0 Å². The van der Waals surface area contributed by atoms with Crippen LogP contribution in [0.25, 0.3) is 0 Å². The van der Waals surface area contributed by atoms with E-state index in [4.69, 9.17) is 0 Å². The van der Waals surface area contributed by atoms with Crippen molar-refractivity contribution in [3.8, 4) is 0 Å². The van der Waals surface area contributed by atoms with Gasteiger partial charge in [-0.3, -0.25) is 4.79 Å². The van der Waals surface area contributed by atoms with Crippen LogP contribution in [0.1, 0.15) is 69.7 Å². The molecule has 0 saturated heterocycles. The molecule has 110 valence electrons. The molecule has 0 fully saturated rings. The topological polar surface area (TPSA) is 17.1 Å². The van der Waals surface area contributed by atoms with Gasteiger partial charge in [0.15, 0.2) is 5.78 Å². The van der Waals surface area contributed by atoms with Gasteiger partial charge in [0, 0.05) is 5.57 Å². The summed E-state index contributed by atoms with van der Waals surface area (Å²) in [6.45, 7) is 20.9. The lowest BCUT2D eigenvalue weighted by Gasteiger charge is -2.00. The van der Waals surface area contributed by atoms with Gasteiger partial charge in [0.25, 0.3) is 0 Å². The van der Waals surface area contributed by atoms with E-state index in [1.807, 2.05) is 61.5 Å². The summed E-state index contributed by atoms with van der Waals surface area (Å²) in [6, 6.07) is 0. The fourth-order valence-corrected chi connectivity index (χ4v) is 0.800. The Balaban J connectivity index is -0.0000000700. The highest BCUT2D eigenvalue weighted by Crippen LogP contribution is 2.09. The van der Waals surface area contributed by atoms with Crippen LogP contribution in [0.3, 0.4) is 0 Å². The summed E-state index contributed by atoms with van der Waals surface area (Å²) in [5.41, 5.74) is 1.74. The number of rotatable bonds is 3. The standard InChI is InChI=1S/C10H14O.3C2H6.CH4/c1-5-7-10(9(4)11)8(3)6-2;3*1-2;/h5-7H,1H2,2-4H3;3*1-2H3;1H4/b8-6-,10-7+;;;;. The first-order valence-corrected chi connectivity index (χ1v) is 6.60. The maximum atomic E-state index is 11.0. The average molecular weight is 256 g/mol. The van der Waals surface area contributed by atoms with Crippen LogP contribution in [0.4, 0.5) is 0 Å². The first kappa shape index (κ1) is 30.2. The first-order chi connectivity index (χ1) is 8.13. The van der Waals surface area contributed by atoms with Crippen LogP contribution in [0.15, 0.2) is 36.0 Å². The van der Waals surface area contributed by atoms with Crippen molar-refractivity contribution in [2.24, 2.45) is 0 Å². The van der Waals surface area contributed by atoms with Crippen molar-refractivity contribution in [3.05, 3.63) is 36.0 Å². The fraction of sp³-hybridized carbons (Fsp3) is 0.588. The molecular weight excluding hydrogens is 220 g/mol. The van der Waals surface area contributed by atoms with Gasteiger partial charge >= 0.3 is 0 Å². The van der Waals surface area contributed by atoms with Gasteiger partial charge in [-0.2, -0.15) is 0 Å². The van der Waals surface area contributed by atoms with Crippen LogP contribution in [0, 0.1) is 0 Å². The Labute approximate surface area is 117 Å². The Morgan fingerprint density at radius 2 is 1.28 bits per heavy atom. The quantitative estimate of drug-likeness (QED) is 0.423. The van der Waals surface area contributed by atoms with E-state index in [9.17, 15) is 4.79 Å². The second-order valence-electron chi connectivity index (χ2n) is 2.34. The second-order valence-corrected chi connectivity index (χ2v) is 2.34. The third-order valence-electron chi connectivity index (χ3n) is 1.52. The molecular formula is C17H36O. The van der Waals surface area contributed by atoms with Gasteiger partial charge in [0.1, 0.15) is 0 Å². The van der Waals surface area contributed by atoms with Crippen molar-refractivity contribution < 1.29 is 4.79 Å². The predicted octanol–water partition coefficient (Wildman–Crippen LogP) is 6.37. The number of carbonyl (C=O) groups excluding carboxylic acids is 1. The molecule has 0 aliphatic carbocycles. The van der Waals surface area contributed by atoms with Gasteiger partial charge in [-0.1, -0.05) is 73.8 Å². The largest absolute Gasteiger partial charge is 0.295 e. The van der Waals surface area contributed by atoms with E-state index in [-0.39, 0.29) is 13.2 Å². The Morgan fingerprint density at radius 1 is 0.944 bits per heavy atom. The lowest BCUT2D eigenvalue weighted by molar-refractivity contribution is -0.113. The highest BCUT2D eigenvalue weighted by atomic mass is 16.1. The third-order valence-corrected chi connectivity index (χ3v) is 1.52. The highest BCUT2D eigenvalue weighted by Gasteiger charge is 2.02. The molecule has 1 heteroatoms. The minimum Gasteiger partial charge on any atom is -0.295 e. The van der Waals surface area contributed by atoms with E-state index >= 15 is 0 Å². The fourth-order valence-electron chi connectivity index (χ4n) is 0.800. The molecule has 0 aliphatic heterocycles. The van der Waals surface area contributed by atoms with Crippen molar-refractivity contribution in [2.75, 3.05) is 0 Å². The SMILES string of the molecule is C.C=C/C=C(C(C)=O)\C(C)=C/C.CC.CC.CC. The smallest absolute Gasteiger partial charge is 0.160 e. The van der Waals surface area contributed by atoms with Gasteiger partial charge in [0.2, 0.25) is 0 Å². The monoisotopic (exact) mass is 256 g/mol. The van der Waals surface area contributed by atoms with Gasteiger partial charge in [-0.25, -0.2) is 0 Å². The Bertz CT molecular complexity index is 220. The van der Waals surface area contributed by atoms with Crippen LogP contribution in [-0.2, 0) is 4.79 Å². The molecule has 0 radical (unpaired) electrons. The van der Waals surface area contributed by atoms with E-state index in [1.165, 1.54) is 0 Å². The van der Waals surface area contributed by atoms with E-state index in [0.717, 1.165) is 11.1 Å². The first-order valence-electron chi connectivity index (χ1n) is 6.60. The van der Waals surface area contributed by atoms with Crippen LogP contribution in [-0.4, -0.2) is 5.78 Å². The molecule has 0 saturated carbocycles. The van der Waals surface area contributed by atoms with E-state index in [1.54, 1.807) is 19.1 Å². The van der Waals surface area contributed by atoms with E-state index in [2.05, 4.69) is 6.58 Å². The number of hydrogen-bond donors (Lipinski definition) is 0. The van der Waals surface area contributed by atoms with Gasteiger partial charge < -0.3 is 0 Å². The number of carbonyl (C=O) groups is 1. The maximum absolute atomic E-state index is 11.0. The molecule has 0 amide bonds.